The van der Waals surface area contributed by atoms with Gasteiger partial charge in [0.1, 0.15) is 0 Å². The van der Waals surface area contributed by atoms with Crippen LogP contribution in [0.15, 0.2) is 30.3 Å². The topological polar surface area (TPSA) is 108 Å². The van der Waals surface area contributed by atoms with Crippen molar-refractivity contribution < 1.29 is 20.1 Å². The molecule has 1 unspecified atom stereocenters. The molecule has 106 valence electrons. The van der Waals surface area contributed by atoms with Crippen molar-refractivity contribution in [2.45, 2.75) is 19.1 Å². The summed E-state index contributed by atoms with van der Waals surface area (Å²) >= 11 is 0. The average Bonchev–Trinajstić information content (AvgIpc) is 2.83. The minimum Gasteiger partial charge on any atom is -0.476 e. The lowest BCUT2D eigenvalue weighted by Gasteiger charge is -2.10. The molecule has 0 bridgehead atoms. The number of aromatic nitrogens is 3. The maximum absolute atomic E-state index is 11.2. The molecule has 2 rings (SSSR count). The number of aliphatic hydroxyl groups excluding tert-OH is 2. The lowest BCUT2D eigenvalue weighted by molar-refractivity contribution is 0.0687. The summed E-state index contributed by atoms with van der Waals surface area (Å²) in [5.41, 5.74) is 1.17. The smallest absolute Gasteiger partial charge is 0.358 e. The summed E-state index contributed by atoms with van der Waals surface area (Å²) in [4.78, 5) is 11.2. The highest BCUT2D eigenvalue weighted by molar-refractivity contribution is 5.86. The Balaban J connectivity index is 2.32. The first-order valence-corrected chi connectivity index (χ1v) is 6.10. The van der Waals surface area contributed by atoms with Gasteiger partial charge in [-0.25, -0.2) is 9.48 Å². The van der Waals surface area contributed by atoms with Crippen LogP contribution in [0.4, 0.5) is 0 Å². The second-order valence-corrected chi connectivity index (χ2v) is 4.37. The molecule has 0 aliphatic carbocycles. The van der Waals surface area contributed by atoms with E-state index in [1.54, 1.807) is 0 Å². The number of rotatable bonds is 6. The van der Waals surface area contributed by atoms with Crippen LogP contribution in [-0.2, 0) is 13.0 Å². The molecule has 0 aliphatic heterocycles. The summed E-state index contributed by atoms with van der Waals surface area (Å²) in [6.07, 6.45) is -0.666. The summed E-state index contributed by atoms with van der Waals surface area (Å²) < 4.78 is 1.32. The van der Waals surface area contributed by atoms with E-state index in [0.717, 1.165) is 5.56 Å². The van der Waals surface area contributed by atoms with Crippen molar-refractivity contribution >= 4 is 5.97 Å². The number of hydrogen-bond acceptors (Lipinski definition) is 5. The van der Waals surface area contributed by atoms with Gasteiger partial charge in [0.15, 0.2) is 5.69 Å². The van der Waals surface area contributed by atoms with Gasteiger partial charge in [0.2, 0.25) is 0 Å². The first-order chi connectivity index (χ1) is 9.61. The molecule has 2 aromatic rings. The van der Waals surface area contributed by atoms with Crippen LogP contribution < -0.4 is 0 Å². The van der Waals surface area contributed by atoms with Gasteiger partial charge in [0.05, 0.1) is 24.9 Å². The number of hydrogen-bond donors (Lipinski definition) is 3. The van der Waals surface area contributed by atoms with Crippen molar-refractivity contribution in [3.05, 3.63) is 47.3 Å². The van der Waals surface area contributed by atoms with E-state index in [9.17, 15) is 9.90 Å². The van der Waals surface area contributed by atoms with Crippen LogP contribution >= 0.6 is 0 Å². The molecular weight excluding hydrogens is 262 g/mol. The van der Waals surface area contributed by atoms with Gasteiger partial charge in [-0.1, -0.05) is 35.5 Å². The molecule has 20 heavy (non-hydrogen) atoms. The van der Waals surface area contributed by atoms with Gasteiger partial charge in [0, 0.05) is 6.42 Å². The number of carboxylic acids is 1. The standard InChI is InChI=1S/C13H15N3O4/c17-8-10(18)7-16-11(12(13(19)20)14-15-16)6-9-4-2-1-3-5-9/h1-5,10,17-18H,6-8H2,(H,19,20). The van der Waals surface area contributed by atoms with Crippen molar-refractivity contribution in [1.29, 1.82) is 0 Å². The van der Waals surface area contributed by atoms with Gasteiger partial charge in [-0.15, -0.1) is 5.10 Å². The highest BCUT2D eigenvalue weighted by atomic mass is 16.4. The number of benzene rings is 1. The van der Waals surface area contributed by atoms with Gasteiger partial charge in [-0.3, -0.25) is 0 Å². The maximum Gasteiger partial charge on any atom is 0.358 e. The second-order valence-electron chi connectivity index (χ2n) is 4.37. The average molecular weight is 277 g/mol. The largest absolute Gasteiger partial charge is 0.476 e. The molecule has 1 heterocycles. The van der Waals surface area contributed by atoms with Gasteiger partial charge in [-0.05, 0) is 5.56 Å². The van der Waals surface area contributed by atoms with Gasteiger partial charge in [0.25, 0.3) is 0 Å². The Hall–Kier alpha value is -2.25. The third-order valence-corrected chi connectivity index (χ3v) is 2.85. The highest BCUT2D eigenvalue weighted by Gasteiger charge is 2.20. The summed E-state index contributed by atoms with van der Waals surface area (Å²) in [5.74, 6) is -1.17. The van der Waals surface area contributed by atoms with Crippen molar-refractivity contribution in [2.75, 3.05) is 6.61 Å². The van der Waals surface area contributed by atoms with E-state index in [1.807, 2.05) is 30.3 Å². The molecule has 3 N–H and O–H groups in total. The predicted octanol–water partition coefficient (Wildman–Crippen LogP) is -0.0797. The third-order valence-electron chi connectivity index (χ3n) is 2.85. The van der Waals surface area contributed by atoms with Crippen LogP contribution in [0, 0.1) is 0 Å². The minimum absolute atomic E-state index is 0.00104. The fourth-order valence-electron chi connectivity index (χ4n) is 1.87. The Bertz CT molecular complexity index is 583. The Kier molecular flexibility index (Phi) is 4.44. The molecule has 0 radical (unpaired) electrons. The lowest BCUT2D eigenvalue weighted by Crippen LogP contribution is -2.22. The number of carboxylic acid groups (broad SMARTS) is 1. The normalized spacial score (nSPS) is 12.3. The number of aromatic carboxylic acids is 1. The van der Waals surface area contributed by atoms with Crippen LogP contribution in [-0.4, -0.2) is 49.0 Å². The summed E-state index contributed by atoms with van der Waals surface area (Å²) in [6.45, 7) is -0.425. The van der Waals surface area contributed by atoms with Crippen molar-refractivity contribution in [3.63, 3.8) is 0 Å². The van der Waals surface area contributed by atoms with Crippen LogP contribution in [0.3, 0.4) is 0 Å². The fourth-order valence-corrected chi connectivity index (χ4v) is 1.87. The SMILES string of the molecule is O=C(O)c1nnn(CC(O)CO)c1Cc1ccccc1. The van der Waals surface area contributed by atoms with Crippen LogP contribution in [0.5, 0.6) is 0 Å². The van der Waals surface area contributed by atoms with E-state index < -0.39 is 18.7 Å². The molecule has 0 saturated carbocycles. The zero-order chi connectivity index (χ0) is 14.5. The van der Waals surface area contributed by atoms with E-state index in [2.05, 4.69) is 10.3 Å². The van der Waals surface area contributed by atoms with Crippen molar-refractivity contribution in [1.82, 2.24) is 15.0 Å². The lowest BCUT2D eigenvalue weighted by atomic mass is 10.1. The summed E-state index contributed by atoms with van der Waals surface area (Å²) in [7, 11) is 0. The number of aliphatic hydroxyl groups is 2. The molecule has 0 fully saturated rings. The quantitative estimate of drug-likeness (QED) is 0.681. The number of nitrogens with zero attached hydrogens (tertiary/aromatic N) is 3. The molecule has 0 aliphatic rings. The molecule has 0 spiro atoms. The molecule has 7 heteroatoms. The Morgan fingerprint density at radius 1 is 1.30 bits per heavy atom. The second kappa shape index (κ2) is 6.27. The van der Waals surface area contributed by atoms with Crippen molar-refractivity contribution in [3.8, 4) is 0 Å². The molecule has 1 atom stereocenters. The molecular formula is C13H15N3O4. The molecule has 0 saturated heterocycles. The highest BCUT2D eigenvalue weighted by Crippen LogP contribution is 2.13. The van der Waals surface area contributed by atoms with E-state index >= 15 is 0 Å². The first-order valence-electron chi connectivity index (χ1n) is 6.10. The van der Waals surface area contributed by atoms with Gasteiger partial charge < -0.3 is 15.3 Å². The molecule has 1 aromatic heterocycles. The Morgan fingerprint density at radius 2 is 2.00 bits per heavy atom. The van der Waals surface area contributed by atoms with Crippen LogP contribution in [0.2, 0.25) is 0 Å². The van der Waals surface area contributed by atoms with E-state index in [-0.39, 0.29) is 12.2 Å². The monoisotopic (exact) mass is 277 g/mol. The Morgan fingerprint density at radius 3 is 2.60 bits per heavy atom. The molecule has 7 nitrogen and oxygen atoms in total. The van der Waals surface area contributed by atoms with Crippen molar-refractivity contribution in [2.24, 2.45) is 0 Å². The fraction of sp³-hybridized carbons (Fsp3) is 0.308. The van der Waals surface area contributed by atoms with E-state index in [1.165, 1.54) is 4.68 Å². The zero-order valence-corrected chi connectivity index (χ0v) is 10.7. The van der Waals surface area contributed by atoms with E-state index in [4.69, 9.17) is 10.2 Å². The Labute approximate surface area is 115 Å². The first kappa shape index (κ1) is 14.2. The third kappa shape index (κ3) is 3.19. The number of carbonyl (C=O) groups is 1. The molecule has 0 amide bonds. The van der Waals surface area contributed by atoms with Crippen LogP contribution in [0.25, 0.3) is 0 Å². The molecule has 1 aromatic carbocycles. The van der Waals surface area contributed by atoms with E-state index in [0.29, 0.717) is 12.1 Å². The predicted molar refractivity (Wildman–Crippen MR) is 69.3 cm³/mol. The van der Waals surface area contributed by atoms with Gasteiger partial charge >= 0.3 is 5.97 Å². The zero-order valence-electron chi connectivity index (χ0n) is 10.7. The summed E-state index contributed by atoms with van der Waals surface area (Å²) in [6, 6.07) is 9.31. The summed E-state index contributed by atoms with van der Waals surface area (Å²) in [5, 5.41) is 34.8. The maximum atomic E-state index is 11.2. The minimum atomic E-state index is -1.17. The van der Waals surface area contributed by atoms with Crippen LogP contribution in [0.1, 0.15) is 21.7 Å². The van der Waals surface area contributed by atoms with Gasteiger partial charge in [-0.2, -0.15) is 0 Å².